The van der Waals surface area contributed by atoms with Gasteiger partial charge in [-0.25, -0.2) is 18.1 Å². The van der Waals surface area contributed by atoms with E-state index < -0.39 is 15.4 Å². The topological polar surface area (TPSA) is 97.2 Å². The summed E-state index contributed by atoms with van der Waals surface area (Å²) in [5, 5.41) is 8.31. The number of H-pyrrole nitrogens is 1. The van der Waals surface area contributed by atoms with Crippen LogP contribution in [0.3, 0.4) is 0 Å². The second kappa shape index (κ2) is 4.88. The minimum Gasteiger partial charge on any atom is -0.266 e. The average Bonchev–Trinajstić information content (AvgIpc) is 3.14. The van der Waals surface area contributed by atoms with Crippen molar-refractivity contribution in [2.45, 2.75) is 9.92 Å². The fourth-order valence-electron chi connectivity index (χ4n) is 2.25. The molecule has 23 heavy (non-hydrogen) atoms. The Bertz CT molecular complexity index is 1210. The summed E-state index contributed by atoms with van der Waals surface area (Å²) in [7, 11) is -3.93. The lowest BCUT2D eigenvalue weighted by atomic mass is 10.4. The predicted molar refractivity (Wildman–Crippen MR) is 85.9 cm³/mol. The van der Waals surface area contributed by atoms with E-state index in [1.807, 2.05) is 0 Å². The van der Waals surface area contributed by atoms with Crippen LogP contribution in [-0.2, 0) is 9.84 Å². The van der Waals surface area contributed by atoms with Gasteiger partial charge >= 0.3 is 0 Å². The van der Waals surface area contributed by atoms with Crippen LogP contribution in [0.25, 0.3) is 15.9 Å². The molecule has 0 saturated carbocycles. The second-order valence-corrected chi connectivity index (χ2v) is 7.90. The lowest BCUT2D eigenvalue weighted by Gasteiger charge is -2.01. The molecule has 7 nitrogen and oxygen atoms in total. The maximum absolute atomic E-state index is 12.7. The third-order valence-corrected chi connectivity index (χ3v) is 6.14. The maximum Gasteiger partial charge on any atom is 0.291 e. The van der Waals surface area contributed by atoms with Gasteiger partial charge in [0.1, 0.15) is 4.70 Å². The molecule has 4 aromatic rings. The van der Waals surface area contributed by atoms with Gasteiger partial charge in [-0.05, 0) is 35.7 Å². The number of halogens is 1. The molecule has 1 N–H and O–H groups in total. The monoisotopic (exact) mass is 366 g/mol. The first kappa shape index (κ1) is 14.4. The maximum atomic E-state index is 12.7. The second-order valence-electron chi connectivity index (χ2n) is 4.69. The standard InChI is InChI=1S/C13H7ClN4O3S2/c14-7-1-3-8(4-2-7)23(20,21)13-11-15-12(19)10-9(5-6-22-10)18(11)17-16-13/h1-6,17H. The van der Waals surface area contributed by atoms with Gasteiger partial charge in [0.25, 0.3) is 5.56 Å². The largest absolute Gasteiger partial charge is 0.291 e. The summed E-state index contributed by atoms with van der Waals surface area (Å²) in [6.07, 6.45) is 0. The molecule has 0 saturated heterocycles. The van der Waals surface area contributed by atoms with Crippen molar-refractivity contribution in [2.75, 3.05) is 0 Å². The van der Waals surface area contributed by atoms with Crippen LogP contribution in [0.15, 0.2) is 50.4 Å². The number of fused-ring (bicyclic) bond motifs is 3. The van der Waals surface area contributed by atoms with Crippen molar-refractivity contribution >= 4 is 48.6 Å². The molecule has 0 spiro atoms. The predicted octanol–water partition coefficient (Wildman–Crippen LogP) is 2.12. The minimum atomic E-state index is -3.93. The molecule has 0 amide bonds. The number of hydrogen-bond acceptors (Lipinski definition) is 6. The van der Waals surface area contributed by atoms with E-state index in [-0.39, 0.29) is 15.6 Å². The first-order valence-electron chi connectivity index (χ1n) is 6.33. The van der Waals surface area contributed by atoms with E-state index in [0.29, 0.717) is 15.2 Å². The molecule has 0 radical (unpaired) electrons. The van der Waals surface area contributed by atoms with Gasteiger partial charge < -0.3 is 0 Å². The molecule has 0 fully saturated rings. The van der Waals surface area contributed by atoms with Crippen LogP contribution in [0, 0.1) is 0 Å². The number of nitrogens with one attached hydrogen (secondary N) is 1. The highest BCUT2D eigenvalue weighted by atomic mass is 35.5. The van der Waals surface area contributed by atoms with Crippen LogP contribution >= 0.6 is 22.9 Å². The number of thiophene rings is 1. The van der Waals surface area contributed by atoms with Crippen molar-refractivity contribution in [3.05, 3.63) is 51.1 Å². The van der Waals surface area contributed by atoms with E-state index in [2.05, 4.69) is 15.3 Å². The van der Waals surface area contributed by atoms with Crippen molar-refractivity contribution < 1.29 is 8.42 Å². The number of sulfone groups is 1. The lowest BCUT2D eigenvalue weighted by Crippen LogP contribution is -2.10. The molecule has 0 atom stereocenters. The fourth-order valence-corrected chi connectivity index (χ4v) is 4.39. The van der Waals surface area contributed by atoms with Crippen LogP contribution in [0.1, 0.15) is 0 Å². The minimum absolute atomic E-state index is 0.0237. The van der Waals surface area contributed by atoms with Gasteiger partial charge in [0.05, 0.1) is 10.4 Å². The SMILES string of the molecule is O=c1nc2c(S(=O)(=O)c3ccc(Cl)cc3)n[nH]n2c2ccsc12. The molecule has 0 aliphatic carbocycles. The summed E-state index contributed by atoms with van der Waals surface area (Å²) in [6.45, 7) is 0. The molecule has 0 unspecified atom stereocenters. The van der Waals surface area contributed by atoms with E-state index in [0.717, 1.165) is 0 Å². The number of benzene rings is 1. The molecule has 4 rings (SSSR count). The summed E-state index contributed by atoms with van der Waals surface area (Å²) >= 11 is 7.02. The number of aromatic amines is 1. The van der Waals surface area contributed by atoms with E-state index in [1.54, 1.807) is 11.4 Å². The summed E-state index contributed by atoms with van der Waals surface area (Å²) in [5.74, 6) is 0. The molecule has 116 valence electrons. The average molecular weight is 367 g/mol. The summed E-state index contributed by atoms with van der Waals surface area (Å²) < 4.78 is 27.3. The summed E-state index contributed by atoms with van der Waals surface area (Å²) in [5.41, 5.74) is 0.0230. The van der Waals surface area contributed by atoms with Crippen LogP contribution in [0.4, 0.5) is 0 Å². The van der Waals surface area contributed by atoms with E-state index in [1.165, 1.54) is 40.1 Å². The Labute approximate surface area is 138 Å². The van der Waals surface area contributed by atoms with Gasteiger partial charge in [-0.1, -0.05) is 11.6 Å². The van der Waals surface area contributed by atoms with Gasteiger partial charge in [-0.3, -0.25) is 4.79 Å². The normalized spacial score (nSPS) is 12.2. The van der Waals surface area contributed by atoms with Gasteiger partial charge in [0, 0.05) is 5.02 Å². The van der Waals surface area contributed by atoms with Crippen LogP contribution in [-0.4, -0.2) is 28.2 Å². The van der Waals surface area contributed by atoms with Crippen LogP contribution < -0.4 is 5.56 Å². The zero-order valence-corrected chi connectivity index (χ0v) is 13.6. The summed E-state index contributed by atoms with van der Waals surface area (Å²) in [6, 6.07) is 7.40. The van der Waals surface area contributed by atoms with Gasteiger partial charge in [-0.2, -0.15) is 4.98 Å². The molecule has 10 heteroatoms. The smallest absolute Gasteiger partial charge is 0.266 e. The van der Waals surface area contributed by atoms with Crippen LogP contribution in [0.5, 0.6) is 0 Å². The lowest BCUT2D eigenvalue weighted by molar-refractivity contribution is 0.592. The van der Waals surface area contributed by atoms with Crippen molar-refractivity contribution in [3.8, 4) is 0 Å². The molecule has 1 aromatic carbocycles. The molecular formula is C13H7ClN4O3S2. The fraction of sp³-hybridized carbons (Fsp3) is 0. The van der Waals surface area contributed by atoms with Crippen molar-refractivity contribution in [2.24, 2.45) is 0 Å². The highest BCUT2D eigenvalue weighted by Crippen LogP contribution is 2.25. The molecular weight excluding hydrogens is 360 g/mol. The van der Waals surface area contributed by atoms with Gasteiger partial charge in [0.15, 0.2) is 5.65 Å². The number of hydrogen-bond donors (Lipinski definition) is 1. The number of aromatic nitrogens is 4. The highest BCUT2D eigenvalue weighted by molar-refractivity contribution is 7.91. The number of nitrogens with zero attached hydrogens (tertiary/aromatic N) is 3. The molecule has 3 heterocycles. The first-order valence-corrected chi connectivity index (χ1v) is 9.07. The van der Waals surface area contributed by atoms with Crippen molar-refractivity contribution in [3.63, 3.8) is 0 Å². The molecule has 0 bridgehead atoms. The molecule has 3 aromatic heterocycles. The third-order valence-electron chi connectivity index (χ3n) is 3.32. The van der Waals surface area contributed by atoms with Gasteiger partial charge in [0.2, 0.25) is 14.9 Å². The van der Waals surface area contributed by atoms with E-state index in [4.69, 9.17) is 11.6 Å². The molecule has 0 aliphatic rings. The van der Waals surface area contributed by atoms with E-state index in [9.17, 15) is 13.2 Å². The zero-order chi connectivity index (χ0) is 16.2. The Hall–Kier alpha value is -2.23. The Kier molecular flexibility index (Phi) is 3.05. The highest BCUT2D eigenvalue weighted by Gasteiger charge is 2.26. The first-order chi connectivity index (χ1) is 11.0. The van der Waals surface area contributed by atoms with E-state index >= 15 is 0 Å². The Morgan fingerprint density at radius 1 is 1.17 bits per heavy atom. The summed E-state index contributed by atoms with van der Waals surface area (Å²) in [4.78, 5) is 15.9. The van der Waals surface area contributed by atoms with Crippen molar-refractivity contribution in [1.82, 2.24) is 19.8 Å². The third kappa shape index (κ3) is 2.08. The van der Waals surface area contributed by atoms with Crippen molar-refractivity contribution in [1.29, 1.82) is 0 Å². The quantitative estimate of drug-likeness (QED) is 0.586. The van der Waals surface area contributed by atoms with Gasteiger partial charge in [-0.15, -0.1) is 16.4 Å². The number of rotatable bonds is 2. The Morgan fingerprint density at radius 3 is 2.65 bits per heavy atom. The Morgan fingerprint density at radius 2 is 1.91 bits per heavy atom. The Balaban J connectivity index is 2.04. The molecule has 0 aliphatic heterocycles. The van der Waals surface area contributed by atoms with Crippen LogP contribution in [0.2, 0.25) is 5.02 Å². The zero-order valence-electron chi connectivity index (χ0n) is 11.2.